The zero-order valence-electron chi connectivity index (χ0n) is 10.2. The number of carbonyl (C=O) groups is 1. The molecule has 0 amide bonds. The van der Waals surface area contributed by atoms with E-state index in [0.29, 0.717) is 5.56 Å². The fraction of sp³-hybridized carbons (Fsp3) is 0.214. The van der Waals surface area contributed by atoms with Crippen LogP contribution >= 0.6 is 0 Å². The molecular weight excluding hydrogens is 214 g/mol. The lowest BCUT2D eigenvalue weighted by Crippen LogP contribution is -2.00. The SMILES string of the molecule is COC(=O)c1cc(-c2ccc(C)cc2)[nH]c1C. The van der Waals surface area contributed by atoms with E-state index in [2.05, 4.69) is 4.98 Å². The molecule has 88 valence electrons. The van der Waals surface area contributed by atoms with E-state index in [1.807, 2.05) is 44.2 Å². The van der Waals surface area contributed by atoms with Crippen LogP contribution in [-0.2, 0) is 4.74 Å². The molecule has 1 heterocycles. The van der Waals surface area contributed by atoms with Crippen molar-refractivity contribution >= 4 is 5.97 Å². The lowest BCUT2D eigenvalue weighted by Gasteiger charge is -1.98. The molecule has 0 bridgehead atoms. The lowest BCUT2D eigenvalue weighted by atomic mass is 10.1. The summed E-state index contributed by atoms with van der Waals surface area (Å²) in [4.78, 5) is 14.7. The summed E-state index contributed by atoms with van der Waals surface area (Å²) < 4.78 is 4.73. The molecule has 1 aromatic carbocycles. The second-order valence-electron chi connectivity index (χ2n) is 4.08. The minimum absolute atomic E-state index is 0.308. The molecule has 0 unspecified atom stereocenters. The van der Waals surface area contributed by atoms with Gasteiger partial charge < -0.3 is 9.72 Å². The number of rotatable bonds is 2. The van der Waals surface area contributed by atoms with Crippen LogP contribution < -0.4 is 0 Å². The van der Waals surface area contributed by atoms with Gasteiger partial charge in [0.15, 0.2) is 0 Å². The molecule has 0 saturated carbocycles. The van der Waals surface area contributed by atoms with Crippen LogP contribution in [0.4, 0.5) is 0 Å². The Morgan fingerprint density at radius 2 is 1.82 bits per heavy atom. The summed E-state index contributed by atoms with van der Waals surface area (Å²) >= 11 is 0. The smallest absolute Gasteiger partial charge is 0.339 e. The maximum Gasteiger partial charge on any atom is 0.339 e. The van der Waals surface area contributed by atoms with Crippen LogP contribution in [0.2, 0.25) is 0 Å². The summed E-state index contributed by atoms with van der Waals surface area (Å²) in [6.45, 7) is 3.91. The van der Waals surface area contributed by atoms with Gasteiger partial charge in [-0.15, -0.1) is 0 Å². The maximum absolute atomic E-state index is 11.5. The van der Waals surface area contributed by atoms with Crippen LogP contribution in [0.1, 0.15) is 21.6 Å². The molecule has 0 fully saturated rings. The normalized spacial score (nSPS) is 10.3. The Morgan fingerprint density at radius 3 is 2.41 bits per heavy atom. The molecule has 3 nitrogen and oxygen atoms in total. The van der Waals surface area contributed by atoms with Crippen molar-refractivity contribution in [3.8, 4) is 11.3 Å². The van der Waals surface area contributed by atoms with Gasteiger partial charge in [-0.05, 0) is 25.5 Å². The Bertz CT molecular complexity index is 538. The Kier molecular flexibility index (Phi) is 3.00. The number of aryl methyl sites for hydroxylation is 2. The molecule has 0 atom stereocenters. The third-order valence-corrected chi connectivity index (χ3v) is 2.78. The lowest BCUT2D eigenvalue weighted by molar-refractivity contribution is 0.0600. The number of benzene rings is 1. The molecule has 0 aliphatic rings. The van der Waals surface area contributed by atoms with Gasteiger partial charge in [0.05, 0.1) is 12.7 Å². The summed E-state index contributed by atoms with van der Waals surface area (Å²) in [6, 6.07) is 9.97. The number of hydrogen-bond acceptors (Lipinski definition) is 2. The van der Waals surface area contributed by atoms with Crippen molar-refractivity contribution in [2.24, 2.45) is 0 Å². The van der Waals surface area contributed by atoms with Crippen molar-refractivity contribution in [3.05, 3.63) is 47.2 Å². The zero-order chi connectivity index (χ0) is 12.4. The first-order chi connectivity index (χ1) is 8.11. The molecule has 2 aromatic rings. The molecular formula is C14H15NO2. The van der Waals surface area contributed by atoms with Crippen molar-refractivity contribution in [2.75, 3.05) is 7.11 Å². The number of aromatic amines is 1. The number of nitrogens with one attached hydrogen (secondary N) is 1. The Hall–Kier alpha value is -2.03. The summed E-state index contributed by atoms with van der Waals surface area (Å²) in [7, 11) is 1.39. The van der Waals surface area contributed by atoms with Gasteiger partial charge in [0, 0.05) is 11.4 Å². The predicted molar refractivity (Wildman–Crippen MR) is 67.0 cm³/mol. The monoisotopic (exact) mass is 229 g/mol. The van der Waals surface area contributed by atoms with Gasteiger partial charge in [0.25, 0.3) is 0 Å². The van der Waals surface area contributed by atoms with E-state index in [9.17, 15) is 4.79 Å². The molecule has 3 heteroatoms. The third-order valence-electron chi connectivity index (χ3n) is 2.78. The summed E-state index contributed by atoms with van der Waals surface area (Å²) in [5.41, 5.74) is 4.62. The predicted octanol–water partition coefficient (Wildman–Crippen LogP) is 3.09. The largest absolute Gasteiger partial charge is 0.465 e. The molecule has 17 heavy (non-hydrogen) atoms. The van der Waals surface area contributed by atoms with Crippen molar-refractivity contribution < 1.29 is 9.53 Å². The van der Waals surface area contributed by atoms with Crippen LogP contribution in [0.25, 0.3) is 11.3 Å². The molecule has 0 radical (unpaired) electrons. The summed E-state index contributed by atoms with van der Waals surface area (Å²) in [6.07, 6.45) is 0. The highest BCUT2D eigenvalue weighted by Crippen LogP contribution is 2.22. The Morgan fingerprint density at radius 1 is 1.18 bits per heavy atom. The highest BCUT2D eigenvalue weighted by Gasteiger charge is 2.13. The van der Waals surface area contributed by atoms with Gasteiger partial charge in [0.1, 0.15) is 0 Å². The van der Waals surface area contributed by atoms with Gasteiger partial charge in [-0.3, -0.25) is 0 Å². The van der Waals surface area contributed by atoms with Crippen LogP contribution in [-0.4, -0.2) is 18.1 Å². The molecule has 1 aromatic heterocycles. The van der Waals surface area contributed by atoms with Gasteiger partial charge in [-0.1, -0.05) is 29.8 Å². The van der Waals surface area contributed by atoms with E-state index < -0.39 is 0 Å². The molecule has 0 aliphatic heterocycles. The number of carbonyl (C=O) groups excluding carboxylic acids is 1. The third kappa shape index (κ3) is 2.23. The van der Waals surface area contributed by atoms with Gasteiger partial charge in [0.2, 0.25) is 0 Å². The molecule has 1 N–H and O–H groups in total. The standard InChI is InChI=1S/C14H15NO2/c1-9-4-6-11(7-5-9)13-8-12(10(2)15-13)14(16)17-3/h4-8,15H,1-3H3. The van der Waals surface area contributed by atoms with Gasteiger partial charge in [-0.2, -0.15) is 0 Å². The van der Waals surface area contributed by atoms with Crippen LogP contribution in [0.3, 0.4) is 0 Å². The Labute approximate surface area is 100 Å². The molecule has 0 spiro atoms. The van der Waals surface area contributed by atoms with Crippen LogP contribution in [0.5, 0.6) is 0 Å². The summed E-state index contributed by atoms with van der Waals surface area (Å²) in [5, 5.41) is 0. The van der Waals surface area contributed by atoms with Crippen LogP contribution in [0.15, 0.2) is 30.3 Å². The first kappa shape index (κ1) is 11.5. The molecule has 2 rings (SSSR count). The minimum atomic E-state index is -0.308. The fourth-order valence-electron chi connectivity index (χ4n) is 1.77. The van der Waals surface area contributed by atoms with Crippen molar-refractivity contribution in [1.29, 1.82) is 0 Å². The van der Waals surface area contributed by atoms with E-state index >= 15 is 0 Å². The average Bonchev–Trinajstić information content (AvgIpc) is 2.71. The number of ether oxygens (including phenoxy) is 1. The highest BCUT2D eigenvalue weighted by molar-refractivity contribution is 5.92. The maximum atomic E-state index is 11.5. The van der Waals surface area contributed by atoms with Crippen molar-refractivity contribution in [1.82, 2.24) is 4.98 Å². The van der Waals surface area contributed by atoms with Gasteiger partial charge >= 0.3 is 5.97 Å². The zero-order valence-corrected chi connectivity index (χ0v) is 10.2. The van der Waals surface area contributed by atoms with E-state index in [1.54, 1.807) is 0 Å². The van der Waals surface area contributed by atoms with E-state index in [-0.39, 0.29) is 5.97 Å². The number of aromatic nitrogens is 1. The highest BCUT2D eigenvalue weighted by atomic mass is 16.5. The topological polar surface area (TPSA) is 42.1 Å². The van der Waals surface area contributed by atoms with Gasteiger partial charge in [-0.25, -0.2) is 4.79 Å². The summed E-state index contributed by atoms with van der Waals surface area (Å²) in [5.74, 6) is -0.308. The second kappa shape index (κ2) is 4.45. The van der Waals surface area contributed by atoms with Crippen molar-refractivity contribution in [2.45, 2.75) is 13.8 Å². The fourth-order valence-corrected chi connectivity index (χ4v) is 1.77. The van der Waals surface area contributed by atoms with Crippen molar-refractivity contribution in [3.63, 3.8) is 0 Å². The number of H-pyrrole nitrogens is 1. The molecule has 0 aliphatic carbocycles. The van der Waals surface area contributed by atoms with Crippen LogP contribution in [0, 0.1) is 13.8 Å². The first-order valence-corrected chi connectivity index (χ1v) is 5.47. The Balaban J connectivity index is 2.41. The van der Waals surface area contributed by atoms with E-state index in [0.717, 1.165) is 17.0 Å². The quantitative estimate of drug-likeness (QED) is 0.804. The van der Waals surface area contributed by atoms with E-state index in [4.69, 9.17) is 4.74 Å². The number of hydrogen-bond donors (Lipinski definition) is 1. The first-order valence-electron chi connectivity index (χ1n) is 5.47. The number of esters is 1. The number of methoxy groups -OCH3 is 1. The average molecular weight is 229 g/mol. The minimum Gasteiger partial charge on any atom is -0.465 e. The van der Waals surface area contributed by atoms with E-state index in [1.165, 1.54) is 12.7 Å². The molecule has 0 saturated heterocycles. The second-order valence-corrected chi connectivity index (χ2v) is 4.08.